The van der Waals surface area contributed by atoms with E-state index in [-0.39, 0.29) is 19.1 Å². The Balaban J connectivity index is 2.67. The molecule has 1 rings (SSSR count). The van der Waals surface area contributed by atoms with Gasteiger partial charge >= 0.3 is 0 Å². The predicted molar refractivity (Wildman–Crippen MR) is 57.0 cm³/mol. The molecule has 0 atom stereocenters. The molecule has 0 aliphatic rings. The summed E-state index contributed by atoms with van der Waals surface area (Å²) in [5.74, 6) is 0.472. The van der Waals surface area contributed by atoms with Crippen LogP contribution >= 0.6 is 0 Å². The van der Waals surface area contributed by atoms with E-state index in [1.165, 1.54) is 0 Å². The van der Waals surface area contributed by atoms with Crippen molar-refractivity contribution in [1.29, 1.82) is 0 Å². The second-order valence-electron chi connectivity index (χ2n) is 2.94. The molecule has 0 fully saturated rings. The van der Waals surface area contributed by atoms with Gasteiger partial charge in [0.25, 0.3) is 5.91 Å². The summed E-state index contributed by atoms with van der Waals surface area (Å²) < 4.78 is 5.27. The van der Waals surface area contributed by atoms with Crippen LogP contribution in [0.3, 0.4) is 0 Å². The van der Waals surface area contributed by atoms with Crippen molar-refractivity contribution in [1.82, 2.24) is 5.32 Å². The molecule has 1 amide bonds. The Kier molecular flexibility index (Phi) is 4.63. The number of carbonyl (C=O) groups excluding carboxylic acids is 1. The fraction of sp³-hybridized carbons (Fsp3) is 0.364. The van der Waals surface area contributed by atoms with Crippen molar-refractivity contribution in [2.75, 3.05) is 19.8 Å². The Hall–Kier alpha value is -1.55. The lowest BCUT2D eigenvalue weighted by atomic mass is 10.2. The van der Waals surface area contributed by atoms with E-state index in [0.717, 1.165) is 0 Å². The Morgan fingerprint density at radius 1 is 1.53 bits per heavy atom. The molecule has 2 N–H and O–H groups in total. The minimum atomic E-state index is -0.203. The van der Waals surface area contributed by atoms with Crippen molar-refractivity contribution in [3.05, 3.63) is 29.8 Å². The highest BCUT2D eigenvalue weighted by molar-refractivity contribution is 5.94. The lowest BCUT2D eigenvalue weighted by Gasteiger charge is -2.06. The summed E-state index contributed by atoms with van der Waals surface area (Å²) in [5, 5.41) is 11.1. The molecular formula is C11H15NO3. The molecule has 0 aliphatic heterocycles. The molecule has 4 nitrogen and oxygen atoms in total. The number of aliphatic hydroxyl groups is 1. The standard InChI is InChI=1S/C11H15NO3/c1-2-15-10-5-3-4-9(8-10)11(14)12-6-7-13/h3-5,8,13H,2,6-7H2,1H3,(H,12,14). The minimum Gasteiger partial charge on any atom is -0.494 e. The third-order valence-corrected chi connectivity index (χ3v) is 1.80. The molecule has 0 radical (unpaired) electrons. The van der Waals surface area contributed by atoms with Crippen molar-refractivity contribution in [2.45, 2.75) is 6.92 Å². The number of benzene rings is 1. The van der Waals surface area contributed by atoms with Gasteiger partial charge in [0.05, 0.1) is 13.2 Å². The van der Waals surface area contributed by atoms with E-state index in [1.807, 2.05) is 6.92 Å². The Bertz CT molecular complexity index is 325. The molecule has 0 unspecified atom stereocenters. The molecule has 0 aromatic heterocycles. The van der Waals surface area contributed by atoms with Crippen LogP contribution in [0.5, 0.6) is 5.75 Å². The number of aliphatic hydroxyl groups excluding tert-OH is 1. The molecular weight excluding hydrogens is 194 g/mol. The average Bonchev–Trinajstić information content (AvgIpc) is 2.27. The van der Waals surface area contributed by atoms with Crippen LogP contribution in [0.25, 0.3) is 0 Å². The van der Waals surface area contributed by atoms with E-state index in [4.69, 9.17) is 9.84 Å². The zero-order chi connectivity index (χ0) is 11.1. The summed E-state index contributed by atoms with van der Waals surface area (Å²) >= 11 is 0. The van der Waals surface area contributed by atoms with Crippen LogP contribution in [0.2, 0.25) is 0 Å². The second kappa shape index (κ2) is 6.03. The Morgan fingerprint density at radius 3 is 3.00 bits per heavy atom. The van der Waals surface area contributed by atoms with Gasteiger partial charge in [-0.25, -0.2) is 0 Å². The number of rotatable bonds is 5. The van der Waals surface area contributed by atoms with Crippen LogP contribution in [-0.4, -0.2) is 30.8 Å². The van der Waals surface area contributed by atoms with Gasteiger partial charge in [-0.1, -0.05) is 6.07 Å². The fourth-order valence-corrected chi connectivity index (χ4v) is 1.17. The summed E-state index contributed by atoms with van der Waals surface area (Å²) in [6.07, 6.45) is 0. The highest BCUT2D eigenvalue weighted by Gasteiger charge is 2.05. The molecule has 0 saturated heterocycles. The smallest absolute Gasteiger partial charge is 0.251 e. The summed E-state index contributed by atoms with van der Waals surface area (Å²) in [6.45, 7) is 2.66. The molecule has 0 spiro atoms. The maximum absolute atomic E-state index is 11.5. The largest absolute Gasteiger partial charge is 0.494 e. The van der Waals surface area contributed by atoms with Crippen LogP contribution in [0.1, 0.15) is 17.3 Å². The second-order valence-corrected chi connectivity index (χ2v) is 2.94. The van der Waals surface area contributed by atoms with Crippen molar-refractivity contribution in [3.8, 4) is 5.75 Å². The number of amides is 1. The van der Waals surface area contributed by atoms with Crippen LogP contribution in [0.15, 0.2) is 24.3 Å². The molecule has 82 valence electrons. The van der Waals surface area contributed by atoms with Gasteiger partial charge in [0, 0.05) is 12.1 Å². The topological polar surface area (TPSA) is 58.6 Å². The highest BCUT2D eigenvalue weighted by Crippen LogP contribution is 2.12. The normalized spacial score (nSPS) is 9.73. The fourth-order valence-electron chi connectivity index (χ4n) is 1.17. The Morgan fingerprint density at radius 2 is 2.33 bits per heavy atom. The quantitative estimate of drug-likeness (QED) is 0.754. The monoisotopic (exact) mass is 209 g/mol. The van der Waals surface area contributed by atoms with E-state index in [9.17, 15) is 4.79 Å². The van der Waals surface area contributed by atoms with Crippen LogP contribution < -0.4 is 10.1 Å². The third-order valence-electron chi connectivity index (χ3n) is 1.80. The van der Waals surface area contributed by atoms with Gasteiger partial charge in [0.15, 0.2) is 0 Å². The first-order valence-corrected chi connectivity index (χ1v) is 4.90. The first-order chi connectivity index (χ1) is 7.27. The summed E-state index contributed by atoms with van der Waals surface area (Å²) in [5.41, 5.74) is 0.536. The van der Waals surface area contributed by atoms with Crippen LogP contribution in [0.4, 0.5) is 0 Å². The van der Waals surface area contributed by atoms with Gasteiger partial charge in [-0.15, -0.1) is 0 Å². The van der Waals surface area contributed by atoms with E-state index < -0.39 is 0 Å². The number of hydrogen-bond donors (Lipinski definition) is 2. The lowest BCUT2D eigenvalue weighted by molar-refractivity contribution is 0.0944. The van der Waals surface area contributed by atoms with Gasteiger partial charge < -0.3 is 15.2 Å². The molecule has 4 heteroatoms. The highest BCUT2D eigenvalue weighted by atomic mass is 16.5. The molecule has 0 aliphatic carbocycles. The molecule has 1 aromatic rings. The average molecular weight is 209 g/mol. The molecule has 0 heterocycles. The lowest BCUT2D eigenvalue weighted by Crippen LogP contribution is -2.26. The third kappa shape index (κ3) is 3.59. The van der Waals surface area contributed by atoms with Gasteiger partial charge in [-0.3, -0.25) is 4.79 Å². The first-order valence-electron chi connectivity index (χ1n) is 4.90. The minimum absolute atomic E-state index is 0.0586. The maximum Gasteiger partial charge on any atom is 0.251 e. The number of nitrogens with one attached hydrogen (secondary N) is 1. The van der Waals surface area contributed by atoms with Crippen molar-refractivity contribution in [3.63, 3.8) is 0 Å². The SMILES string of the molecule is CCOc1cccc(C(=O)NCCO)c1. The van der Waals surface area contributed by atoms with Crippen molar-refractivity contribution in [2.24, 2.45) is 0 Å². The number of ether oxygens (including phenoxy) is 1. The first kappa shape index (κ1) is 11.5. The van der Waals surface area contributed by atoms with Crippen LogP contribution in [-0.2, 0) is 0 Å². The summed E-state index contributed by atoms with van der Waals surface area (Å²) in [7, 11) is 0. The number of hydrogen-bond acceptors (Lipinski definition) is 3. The van der Waals surface area contributed by atoms with Crippen molar-refractivity contribution >= 4 is 5.91 Å². The van der Waals surface area contributed by atoms with Gasteiger partial charge in [0.1, 0.15) is 5.75 Å². The van der Waals surface area contributed by atoms with Crippen molar-refractivity contribution < 1.29 is 14.6 Å². The molecule has 0 bridgehead atoms. The summed E-state index contributed by atoms with van der Waals surface area (Å²) in [6, 6.07) is 6.94. The molecule has 0 saturated carbocycles. The zero-order valence-corrected chi connectivity index (χ0v) is 8.69. The molecule has 1 aromatic carbocycles. The van der Waals surface area contributed by atoms with E-state index in [0.29, 0.717) is 17.9 Å². The van der Waals surface area contributed by atoms with Crippen LogP contribution in [0, 0.1) is 0 Å². The Labute approximate surface area is 88.9 Å². The van der Waals surface area contributed by atoms with Gasteiger partial charge in [0.2, 0.25) is 0 Å². The van der Waals surface area contributed by atoms with E-state index in [2.05, 4.69) is 5.32 Å². The molecule has 15 heavy (non-hydrogen) atoms. The van der Waals surface area contributed by atoms with E-state index in [1.54, 1.807) is 24.3 Å². The zero-order valence-electron chi connectivity index (χ0n) is 8.69. The van der Waals surface area contributed by atoms with E-state index >= 15 is 0 Å². The maximum atomic E-state index is 11.5. The van der Waals surface area contributed by atoms with Gasteiger partial charge in [-0.2, -0.15) is 0 Å². The number of carbonyl (C=O) groups is 1. The predicted octanol–water partition coefficient (Wildman–Crippen LogP) is 0.807. The van der Waals surface area contributed by atoms with Gasteiger partial charge in [-0.05, 0) is 25.1 Å². The summed E-state index contributed by atoms with van der Waals surface area (Å²) in [4.78, 5) is 11.5.